The number of fused-ring (bicyclic) bond motifs is 5. The molecule has 4 aliphatic rings. The second-order valence-electron chi connectivity index (χ2n) is 10.6. The molecule has 0 bridgehead atoms. The minimum absolute atomic E-state index is 0.0438. The summed E-state index contributed by atoms with van der Waals surface area (Å²) in [6, 6.07) is 0. The molecule has 0 aromatic heterocycles. The summed E-state index contributed by atoms with van der Waals surface area (Å²) in [5.74, 6) is -0.256. The molecule has 6 heteroatoms. The zero-order valence-electron chi connectivity index (χ0n) is 17.8. The van der Waals surface area contributed by atoms with E-state index in [-0.39, 0.29) is 41.5 Å². The summed E-state index contributed by atoms with van der Waals surface area (Å²) in [6.45, 7) is 4.93. The molecular formula is C23H34O6. The SMILES string of the molecule is CC(=O)OCC(=O)[C@@]1(O)CC[C@H]2[C@@H]3CC[C@@H]4C[C@H](O)CC[C@]4(C)[C@H]3C(=O)C[C@@]21C. The highest BCUT2D eigenvalue weighted by atomic mass is 16.5. The van der Waals surface area contributed by atoms with Gasteiger partial charge in [-0.05, 0) is 68.1 Å². The van der Waals surface area contributed by atoms with Gasteiger partial charge < -0.3 is 14.9 Å². The Labute approximate surface area is 172 Å². The number of Topliss-reactive ketones (excluding diaryl/α,β-unsaturated/α-hetero) is 2. The highest BCUT2D eigenvalue weighted by Gasteiger charge is 2.69. The molecule has 4 rings (SSSR count). The third-order valence-corrected chi connectivity index (χ3v) is 9.35. The summed E-state index contributed by atoms with van der Waals surface area (Å²) >= 11 is 0. The second-order valence-corrected chi connectivity index (χ2v) is 10.6. The standard InChI is InChI=1S/C23H34O6/c1-13(24)29-12-19(27)23(28)9-7-17-16-5-4-14-10-15(25)6-8-21(14,2)20(16)18(26)11-22(17,23)3/h14-17,20,25,28H,4-12H2,1-3H3/t14-,15-,16+,17+,20-,21+,22+,23+/m1/s1. The number of hydrogen-bond acceptors (Lipinski definition) is 6. The Hall–Kier alpha value is -1.27. The highest BCUT2D eigenvalue weighted by molar-refractivity contribution is 5.93. The smallest absolute Gasteiger partial charge is 0.303 e. The lowest BCUT2D eigenvalue weighted by Gasteiger charge is -2.60. The van der Waals surface area contributed by atoms with Crippen molar-refractivity contribution >= 4 is 17.5 Å². The van der Waals surface area contributed by atoms with Crippen LogP contribution in [-0.4, -0.2) is 46.1 Å². The molecule has 162 valence electrons. The van der Waals surface area contributed by atoms with Crippen LogP contribution in [0.5, 0.6) is 0 Å². The van der Waals surface area contributed by atoms with E-state index in [1.807, 2.05) is 6.92 Å². The Morgan fingerprint density at radius 1 is 1.14 bits per heavy atom. The molecule has 29 heavy (non-hydrogen) atoms. The number of carbonyl (C=O) groups is 3. The maximum absolute atomic E-state index is 13.5. The molecule has 4 fully saturated rings. The van der Waals surface area contributed by atoms with Crippen LogP contribution < -0.4 is 0 Å². The van der Waals surface area contributed by atoms with Crippen molar-refractivity contribution in [2.24, 2.45) is 34.5 Å². The summed E-state index contributed by atoms with van der Waals surface area (Å²) in [4.78, 5) is 37.5. The monoisotopic (exact) mass is 406 g/mol. The number of aliphatic hydroxyl groups excluding tert-OH is 1. The van der Waals surface area contributed by atoms with E-state index in [1.165, 1.54) is 6.92 Å². The predicted octanol–water partition coefficient (Wildman–Crippen LogP) is 2.43. The molecule has 0 unspecified atom stereocenters. The van der Waals surface area contributed by atoms with Gasteiger partial charge in [-0.2, -0.15) is 0 Å². The Balaban J connectivity index is 1.63. The van der Waals surface area contributed by atoms with Gasteiger partial charge in [-0.3, -0.25) is 14.4 Å². The maximum Gasteiger partial charge on any atom is 0.303 e. The van der Waals surface area contributed by atoms with Crippen molar-refractivity contribution in [1.29, 1.82) is 0 Å². The molecule has 4 saturated carbocycles. The van der Waals surface area contributed by atoms with Crippen molar-refractivity contribution in [2.45, 2.75) is 83.8 Å². The number of ketones is 2. The largest absolute Gasteiger partial charge is 0.458 e. The summed E-state index contributed by atoms with van der Waals surface area (Å²) in [6.07, 6.45) is 5.28. The number of carbonyl (C=O) groups excluding carboxylic acids is 3. The van der Waals surface area contributed by atoms with Crippen molar-refractivity contribution < 1.29 is 29.3 Å². The van der Waals surface area contributed by atoms with Crippen LogP contribution in [0, 0.1) is 34.5 Å². The summed E-state index contributed by atoms with van der Waals surface area (Å²) in [7, 11) is 0. The van der Waals surface area contributed by atoms with E-state index in [9.17, 15) is 24.6 Å². The van der Waals surface area contributed by atoms with Crippen molar-refractivity contribution in [3.8, 4) is 0 Å². The van der Waals surface area contributed by atoms with Gasteiger partial charge in [0.1, 0.15) is 11.4 Å². The average molecular weight is 407 g/mol. The van der Waals surface area contributed by atoms with Gasteiger partial charge in [-0.15, -0.1) is 0 Å². The Morgan fingerprint density at radius 2 is 1.86 bits per heavy atom. The first kappa shape index (κ1) is 21.0. The quantitative estimate of drug-likeness (QED) is 0.698. The van der Waals surface area contributed by atoms with E-state index < -0.39 is 29.4 Å². The van der Waals surface area contributed by atoms with Crippen LogP contribution in [0.2, 0.25) is 0 Å². The fourth-order valence-corrected chi connectivity index (χ4v) is 7.80. The molecule has 0 aromatic rings. The third kappa shape index (κ3) is 2.93. The van der Waals surface area contributed by atoms with E-state index in [4.69, 9.17) is 4.74 Å². The number of esters is 1. The van der Waals surface area contributed by atoms with Crippen LogP contribution in [0.4, 0.5) is 0 Å². The Kier molecular flexibility index (Phi) is 4.97. The first-order valence-corrected chi connectivity index (χ1v) is 11.1. The van der Waals surface area contributed by atoms with Crippen LogP contribution in [0.3, 0.4) is 0 Å². The Morgan fingerprint density at radius 3 is 2.55 bits per heavy atom. The van der Waals surface area contributed by atoms with Gasteiger partial charge in [0.05, 0.1) is 6.10 Å². The summed E-state index contributed by atoms with van der Waals surface area (Å²) in [5, 5.41) is 21.6. The van der Waals surface area contributed by atoms with Crippen LogP contribution in [0.1, 0.15) is 72.1 Å². The molecular weight excluding hydrogens is 372 g/mol. The van der Waals surface area contributed by atoms with Gasteiger partial charge in [0, 0.05) is 24.7 Å². The van der Waals surface area contributed by atoms with E-state index in [1.54, 1.807) is 0 Å². The first-order chi connectivity index (χ1) is 13.5. The molecule has 0 spiro atoms. The van der Waals surface area contributed by atoms with Crippen LogP contribution >= 0.6 is 0 Å². The molecule has 2 N–H and O–H groups in total. The molecule has 0 amide bonds. The minimum atomic E-state index is -1.62. The molecule has 0 aromatic carbocycles. The fraction of sp³-hybridized carbons (Fsp3) is 0.870. The zero-order chi connectivity index (χ0) is 21.2. The molecule has 6 nitrogen and oxygen atoms in total. The van der Waals surface area contributed by atoms with Crippen LogP contribution in [0.15, 0.2) is 0 Å². The molecule has 8 atom stereocenters. The van der Waals surface area contributed by atoms with Crippen molar-refractivity contribution in [3.05, 3.63) is 0 Å². The van der Waals surface area contributed by atoms with Gasteiger partial charge >= 0.3 is 5.97 Å². The average Bonchev–Trinajstić information content (AvgIpc) is 2.91. The van der Waals surface area contributed by atoms with Gasteiger partial charge in [0.25, 0.3) is 0 Å². The molecule has 0 radical (unpaired) electrons. The van der Waals surface area contributed by atoms with Gasteiger partial charge in [-0.1, -0.05) is 13.8 Å². The Bertz CT molecular complexity index is 733. The summed E-state index contributed by atoms with van der Waals surface area (Å²) < 4.78 is 4.88. The van der Waals surface area contributed by atoms with Crippen LogP contribution in [0.25, 0.3) is 0 Å². The number of rotatable bonds is 3. The first-order valence-electron chi connectivity index (χ1n) is 11.1. The summed E-state index contributed by atoms with van der Waals surface area (Å²) in [5.41, 5.74) is -2.52. The number of hydrogen-bond donors (Lipinski definition) is 2. The lowest BCUT2D eigenvalue weighted by Crippen LogP contribution is -2.62. The molecule has 0 heterocycles. The number of ether oxygens (including phenoxy) is 1. The minimum Gasteiger partial charge on any atom is -0.458 e. The van der Waals surface area contributed by atoms with Crippen LogP contribution in [-0.2, 0) is 19.1 Å². The molecule has 0 saturated heterocycles. The number of aliphatic hydroxyl groups is 2. The fourth-order valence-electron chi connectivity index (χ4n) is 7.80. The van der Waals surface area contributed by atoms with E-state index in [0.29, 0.717) is 12.3 Å². The second kappa shape index (κ2) is 6.88. The highest BCUT2D eigenvalue weighted by Crippen LogP contribution is 2.67. The van der Waals surface area contributed by atoms with E-state index >= 15 is 0 Å². The van der Waals surface area contributed by atoms with E-state index in [2.05, 4.69) is 6.92 Å². The predicted molar refractivity (Wildman–Crippen MR) is 105 cm³/mol. The van der Waals surface area contributed by atoms with Crippen molar-refractivity contribution in [1.82, 2.24) is 0 Å². The topological polar surface area (TPSA) is 101 Å². The normalized spacial score (nSPS) is 49.0. The van der Waals surface area contributed by atoms with Gasteiger partial charge in [-0.25, -0.2) is 0 Å². The zero-order valence-corrected chi connectivity index (χ0v) is 17.8. The van der Waals surface area contributed by atoms with Gasteiger partial charge in [0.15, 0.2) is 6.61 Å². The van der Waals surface area contributed by atoms with Crippen molar-refractivity contribution in [3.63, 3.8) is 0 Å². The maximum atomic E-state index is 13.5. The van der Waals surface area contributed by atoms with Gasteiger partial charge in [0.2, 0.25) is 5.78 Å². The lowest BCUT2D eigenvalue weighted by atomic mass is 9.44. The molecule has 0 aliphatic heterocycles. The third-order valence-electron chi connectivity index (χ3n) is 9.35. The van der Waals surface area contributed by atoms with Crippen molar-refractivity contribution in [2.75, 3.05) is 6.61 Å². The molecule has 4 aliphatic carbocycles. The lowest BCUT2D eigenvalue weighted by molar-refractivity contribution is -0.181. The van der Waals surface area contributed by atoms with E-state index in [0.717, 1.165) is 38.5 Å².